The van der Waals surface area contributed by atoms with Crippen LogP contribution in [0.1, 0.15) is 11.5 Å². The SMILES string of the molecule is O=C1Nc2ccccc2[C@@H]2CNC[C@H]12. The molecule has 1 saturated heterocycles. The van der Waals surface area contributed by atoms with Crippen LogP contribution in [0.4, 0.5) is 5.69 Å². The maximum atomic E-state index is 11.7. The second-order valence-electron chi connectivity index (χ2n) is 3.95. The van der Waals surface area contributed by atoms with Crippen molar-refractivity contribution in [3.05, 3.63) is 29.8 Å². The number of fused-ring (bicyclic) bond motifs is 3. The third kappa shape index (κ3) is 0.990. The fourth-order valence-electron chi connectivity index (χ4n) is 2.44. The summed E-state index contributed by atoms with van der Waals surface area (Å²) in [7, 11) is 0. The molecule has 2 N–H and O–H groups in total. The van der Waals surface area contributed by atoms with Gasteiger partial charge >= 0.3 is 0 Å². The minimum absolute atomic E-state index is 0.130. The van der Waals surface area contributed by atoms with Gasteiger partial charge in [0.2, 0.25) is 5.91 Å². The van der Waals surface area contributed by atoms with Crippen LogP contribution < -0.4 is 10.6 Å². The van der Waals surface area contributed by atoms with Gasteiger partial charge in [-0.25, -0.2) is 0 Å². The first-order valence-electron chi connectivity index (χ1n) is 4.97. The van der Waals surface area contributed by atoms with Crippen molar-refractivity contribution in [3.63, 3.8) is 0 Å². The number of benzene rings is 1. The molecule has 0 aliphatic carbocycles. The average Bonchev–Trinajstić information content (AvgIpc) is 2.67. The highest BCUT2D eigenvalue weighted by Gasteiger charge is 2.38. The molecule has 0 spiro atoms. The highest BCUT2D eigenvalue weighted by molar-refractivity contribution is 5.97. The number of rotatable bonds is 0. The third-order valence-corrected chi connectivity index (χ3v) is 3.17. The van der Waals surface area contributed by atoms with Crippen molar-refractivity contribution in [3.8, 4) is 0 Å². The van der Waals surface area contributed by atoms with Crippen LogP contribution in [0.2, 0.25) is 0 Å². The van der Waals surface area contributed by atoms with Gasteiger partial charge in [0.1, 0.15) is 0 Å². The smallest absolute Gasteiger partial charge is 0.229 e. The van der Waals surface area contributed by atoms with Gasteiger partial charge in [0.05, 0.1) is 5.92 Å². The predicted molar refractivity (Wildman–Crippen MR) is 54.2 cm³/mol. The molecule has 3 heteroatoms. The van der Waals surface area contributed by atoms with E-state index in [1.54, 1.807) is 0 Å². The summed E-state index contributed by atoms with van der Waals surface area (Å²) in [5.41, 5.74) is 2.27. The second kappa shape index (κ2) is 2.82. The van der Waals surface area contributed by atoms with Crippen molar-refractivity contribution >= 4 is 11.6 Å². The van der Waals surface area contributed by atoms with Crippen LogP contribution in [0.3, 0.4) is 0 Å². The summed E-state index contributed by atoms with van der Waals surface area (Å²) < 4.78 is 0. The standard InChI is InChI=1S/C11H12N2O/c14-11-9-6-12-5-8(9)7-3-1-2-4-10(7)13-11/h1-4,8-9,12H,5-6H2,(H,13,14)/t8-,9-/m0/s1. The van der Waals surface area contributed by atoms with Crippen molar-refractivity contribution in [1.82, 2.24) is 5.32 Å². The maximum Gasteiger partial charge on any atom is 0.229 e. The summed E-state index contributed by atoms with van der Waals surface area (Å²) >= 11 is 0. The minimum atomic E-state index is 0.130. The van der Waals surface area contributed by atoms with Crippen LogP contribution in [0.25, 0.3) is 0 Å². The molecule has 1 aromatic rings. The van der Waals surface area contributed by atoms with Crippen LogP contribution in [-0.2, 0) is 4.79 Å². The zero-order valence-corrected chi connectivity index (χ0v) is 7.79. The highest BCUT2D eigenvalue weighted by atomic mass is 16.2. The van der Waals surface area contributed by atoms with Gasteiger partial charge in [-0.3, -0.25) is 4.79 Å². The Morgan fingerprint density at radius 2 is 1.93 bits per heavy atom. The number of hydrogen-bond acceptors (Lipinski definition) is 2. The Morgan fingerprint density at radius 3 is 2.86 bits per heavy atom. The number of para-hydroxylation sites is 1. The van der Waals surface area contributed by atoms with E-state index < -0.39 is 0 Å². The average molecular weight is 188 g/mol. The number of carbonyl (C=O) groups excluding carboxylic acids is 1. The van der Waals surface area contributed by atoms with E-state index in [-0.39, 0.29) is 11.8 Å². The molecular weight excluding hydrogens is 176 g/mol. The van der Waals surface area contributed by atoms with Gasteiger partial charge in [0, 0.05) is 24.7 Å². The van der Waals surface area contributed by atoms with E-state index in [4.69, 9.17) is 0 Å². The molecule has 3 nitrogen and oxygen atoms in total. The topological polar surface area (TPSA) is 41.1 Å². The molecule has 14 heavy (non-hydrogen) atoms. The van der Waals surface area contributed by atoms with Crippen LogP contribution >= 0.6 is 0 Å². The fraction of sp³-hybridized carbons (Fsp3) is 0.364. The van der Waals surface area contributed by atoms with Crippen LogP contribution in [0.15, 0.2) is 24.3 Å². The van der Waals surface area contributed by atoms with Crippen molar-refractivity contribution in [1.29, 1.82) is 0 Å². The summed E-state index contributed by atoms with van der Waals surface area (Å²) in [6.07, 6.45) is 0. The molecule has 3 rings (SSSR count). The molecule has 0 radical (unpaired) electrons. The number of hydrogen-bond donors (Lipinski definition) is 2. The number of amides is 1. The first-order valence-corrected chi connectivity index (χ1v) is 4.97. The molecule has 1 aromatic carbocycles. The lowest BCUT2D eigenvalue weighted by Gasteiger charge is -2.26. The summed E-state index contributed by atoms with van der Waals surface area (Å²) in [6, 6.07) is 8.08. The zero-order chi connectivity index (χ0) is 9.54. The molecule has 72 valence electrons. The van der Waals surface area contributed by atoms with Crippen LogP contribution in [0.5, 0.6) is 0 Å². The highest BCUT2D eigenvalue weighted by Crippen LogP contribution is 2.37. The number of carbonyl (C=O) groups is 1. The lowest BCUT2D eigenvalue weighted by atomic mass is 9.84. The fourth-order valence-corrected chi connectivity index (χ4v) is 2.44. The number of nitrogens with one attached hydrogen (secondary N) is 2. The number of anilines is 1. The van der Waals surface area contributed by atoms with E-state index in [9.17, 15) is 4.79 Å². The Morgan fingerprint density at radius 1 is 1.14 bits per heavy atom. The lowest BCUT2D eigenvalue weighted by Crippen LogP contribution is -2.32. The molecular formula is C11H12N2O. The van der Waals surface area contributed by atoms with Gasteiger partial charge in [-0.15, -0.1) is 0 Å². The summed E-state index contributed by atoms with van der Waals surface area (Å²) in [5.74, 6) is 0.670. The summed E-state index contributed by atoms with van der Waals surface area (Å²) in [6.45, 7) is 1.74. The van der Waals surface area contributed by atoms with E-state index in [1.165, 1.54) is 5.56 Å². The molecule has 0 unspecified atom stereocenters. The minimum Gasteiger partial charge on any atom is -0.326 e. The van der Waals surface area contributed by atoms with Gasteiger partial charge < -0.3 is 10.6 Å². The monoisotopic (exact) mass is 188 g/mol. The van der Waals surface area contributed by atoms with Gasteiger partial charge in [-0.05, 0) is 11.6 Å². The molecule has 2 aliphatic heterocycles. The maximum absolute atomic E-state index is 11.7. The van der Waals surface area contributed by atoms with E-state index >= 15 is 0 Å². The predicted octanol–water partition coefficient (Wildman–Crippen LogP) is 0.942. The van der Waals surface area contributed by atoms with Gasteiger partial charge in [-0.1, -0.05) is 18.2 Å². The second-order valence-corrected chi connectivity index (χ2v) is 3.95. The molecule has 2 heterocycles. The first-order chi connectivity index (χ1) is 6.86. The summed E-state index contributed by atoms with van der Waals surface area (Å²) in [5, 5.41) is 6.23. The molecule has 0 aromatic heterocycles. The molecule has 0 saturated carbocycles. The molecule has 1 amide bonds. The normalized spacial score (nSPS) is 29.3. The Bertz CT molecular complexity index is 389. The Hall–Kier alpha value is -1.35. The zero-order valence-electron chi connectivity index (χ0n) is 7.79. The molecule has 0 bridgehead atoms. The Balaban J connectivity index is 2.11. The van der Waals surface area contributed by atoms with Crippen LogP contribution in [-0.4, -0.2) is 19.0 Å². The Kier molecular flexibility index (Phi) is 1.61. The van der Waals surface area contributed by atoms with Crippen molar-refractivity contribution in [2.45, 2.75) is 5.92 Å². The quantitative estimate of drug-likeness (QED) is 0.636. The molecule has 1 fully saturated rings. The van der Waals surface area contributed by atoms with Gasteiger partial charge in [0.25, 0.3) is 0 Å². The van der Waals surface area contributed by atoms with Gasteiger partial charge in [-0.2, -0.15) is 0 Å². The van der Waals surface area contributed by atoms with E-state index in [0.29, 0.717) is 5.92 Å². The van der Waals surface area contributed by atoms with Crippen molar-refractivity contribution in [2.24, 2.45) is 5.92 Å². The van der Waals surface area contributed by atoms with Crippen molar-refractivity contribution in [2.75, 3.05) is 18.4 Å². The van der Waals surface area contributed by atoms with Crippen molar-refractivity contribution < 1.29 is 4.79 Å². The Labute approximate surface area is 82.5 Å². The lowest BCUT2D eigenvalue weighted by molar-refractivity contribution is -0.120. The first kappa shape index (κ1) is 8.00. The summed E-state index contributed by atoms with van der Waals surface area (Å²) in [4.78, 5) is 11.7. The largest absolute Gasteiger partial charge is 0.326 e. The van der Waals surface area contributed by atoms with E-state index in [1.807, 2.05) is 18.2 Å². The molecule has 2 aliphatic rings. The third-order valence-electron chi connectivity index (χ3n) is 3.17. The van der Waals surface area contributed by atoms with E-state index in [0.717, 1.165) is 18.8 Å². The van der Waals surface area contributed by atoms with Crippen LogP contribution in [0, 0.1) is 5.92 Å². The molecule has 2 atom stereocenters. The van der Waals surface area contributed by atoms with E-state index in [2.05, 4.69) is 16.7 Å². The van der Waals surface area contributed by atoms with Gasteiger partial charge in [0.15, 0.2) is 0 Å².